The molecule has 0 heterocycles. The van der Waals surface area contributed by atoms with Crippen LogP contribution in [0.25, 0.3) is 0 Å². The molecule has 2 heteroatoms. The Morgan fingerprint density at radius 3 is 2.62 bits per heavy atom. The van der Waals surface area contributed by atoms with Crippen LogP contribution < -0.4 is 0 Å². The average molecular weight is 173 g/mol. The van der Waals surface area contributed by atoms with Gasteiger partial charge in [-0.05, 0) is 12.0 Å². The molecule has 0 unspecified atom stereocenters. The van der Waals surface area contributed by atoms with Gasteiger partial charge in [0, 0.05) is 12.5 Å². The largest absolute Gasteiger partial charge is 0.396 e. The predicted molar refractivity (Wildman–Crippen MR) is 48.9 cm³/mol. The van der Waals surface area contributed by atoms with E-state index in [1.54, 1.807) is 0 Å². The molecule has 2 nitrogen and oxygen atoms in total. The van der Waals surface area contributed by atoms with Crippen LogP contribution in [0.3, 0.4) is 0 Å². The summed E-state index contributed by atoms with van der Waals surface area (Å²) < 4.78 is 0. The minimum absolute atomic E-state index is 0.114. The van der Waals surface area contributed by atoms with Crippen LogP contribution in [-0.4, -0.2) is 11.7 Å². The maximum Gasteiger partial charge on any atom is 0.0877 e. The maximum absolute atomic E-state index is 9.05. The fraction of sp³-hybridized carbons (Fsp3) is 0.364. The van der Waals surface area contributed by atoms with Crippen LogP contribution in [0, 0.1) is 17.2 Å². The van der Waals surface area contributed by atoms with E-state index in [9.17, 15) is 0 Å². The molecule has 1 N–H and O–H groups in total. The Morgan fingerprint density at radius 1 is 1.46 bits per heavy atom. The Bertz CT molecular complexity index is 341. The fourth-order valence-electron chi connectivity index (χ4n) is 1.84. The number of aliphatic hydroxyl groups excluding tert-OH is 1. The van der Waals surface area contributed by atoms with E-state index >= 15 is 0 Å². The summed E-state index contributed by atoms with van der Waals surface area (Å²) >= 11 is 0. The molecule has 0 radical (unpaired) electrons. The van der Waals surface area contributed by atoms with Gasteiger partial charge in [-0.3, -0.25) is 0 Å². The molecule has 1 aromatic rings. The summed E-state index contributed by atoms with van der Waals surface area (Å²) in [6, 6.07) is 12.0. The Labute approximate surface area is 77.4 Å². The first-order valence-corrected chi connectivity index (χ1v) is 4.41. The van der Waals surface area contributed by atoms with Crippen molar-refractivity contribution in [2.45, 2.75) is 11.8 Å². The van der Waals surface area contributed by atoms with Crippen LogP contribution in [0.5, 0.6) is 0 Å². The number of nitriles is 1. The average Bonchev–Trinajstić information content (AvgIpc) is 2.94. The monoisotopic (exact) mass is 173 g/mol. The molecular weight excluding hydrogens is 162 g/mol. The van der Waals surface area contributed by atoms with Crippen molar-refractivity contribution in [2.24, 2.45) is 5.92 Å². The topological polar surface area (TPSA) is 44.0 Å². The normalized spacial score (nSPS) is 30.9. The highest BCUT2D eigenvalue weighted by atomic mass is 16.3. The van der Waals surface area contributed by atoms with Gasteiger partial charge in [0.25, 0.3) is 0 Å². The molecule has 0 spiro atoms. The third kappa shape index (κ3) is 1.13. The molecule has 1 saturated carbocycles. The smallest absolute Gasteiger partial charge is 0.0877 e. The molecule has 0 bridgehead atoms. The van der Waals surface area contributed by atoms with E-state index in [-0.39, 0.29) is 12.5 Å². The van der Waals surface area contributed by atoms with Crippen molar-refractivity contribution in [3.05, 3.63) is 35.9 Å². The zero-order valence-electron chi connectivity index (χ0n) is 7.27. The van der Waals surface area contributed by atoms with Gasteiger partial charge in [0.2, 0.25) is 0 Å². The van der Waals surface area contributed by atoms with E-state index < -0.39 is 5.41 Å². The Hall–Kier alpha value is -1.33. The van der Waals surface area contributed by atoms with Crippen LogP contribution in [0.15, 0.2) is 30.3 Å². The second-order valence-corrected chi connectivity index (χ2v) is 3.53. The quantitative estimate of drug-likeness (QED) is 0.735. The van der Waals surface area contributed by atoms with Gasteiger partial charge >= 0.3 is 0 Å². The van der Waals surface area contributed by atoms with Crippen molar-refractivity contribution in [3.8, 4) is 6.07 Å². The number of hydrogen-bond donors (Lipinski definition) is 1. The van der Waals surface area contributed by atoms with Crippen LogP contribution in [0.1, 0.15) is 12.0 Å². The van der Waals surface area contributed by atoms with Gasteiger partial charge in [0.15, 0.2) is 0 Å². The standard InChI is InChI=1S/C11H11NO/c12-8-11(6-10(11)7-13)9-4-2-1-3-5-9/h1-5,10,13H,6-7H2/t10-,11+/m1/s1. The molecule has 1 aromatic carbocycles. The van der Waals surface area contributed by atoms with Crippen molar-refractivity contribution in [2.75, 3.05) is 6.61 Å². The molecular formula is C11H11NO. The van der Waals surface area contributed by atoms with Crippen molar-refractivity contribution >= 4 is 0 Å². The molecule has 1 fully saturated rings. The van der Waals surface area contributed by atoms with Crippen molar-refractivity contribution in [3.63, 3.8) is 0 Å². The van der Waals surface area contributed by atoms with E-state index in [4.69, 9.17) is 10.4 Å². The summed E-state index contributed by atoms with van der Waals surface area (Å²) in [6.45, 7) is 0.114. The highest BCUT2D eigenvalue weighted by Gasteiger charge is 2.55. The van der Waals surface area contributed by atoms with Gasteiger partial charge in [-0.15, -0.1) is 0 Å². The fourth-order valence-corrected chi connectivity index (χ4v) is 1.84. The lowest BCUT2D eigenvalue weighted by molar-refractivity contribution is 0.269. The summed E-state index contributed by atoms with van der Waals surface area (Å²) in [5, 5.41) is 18.0. The first kappa shape index (κ1) is 8.28. The molecule has 0 amide bonds. The minimum atomic E-state index is -0.393. The lowest BCUT2D eigenvalue weighted by Gasteiger charge is -2.06. The number of hydrogen-bond acceptors (Lipinski definition) is 2. The molecule has 1 aliphatic carbocycles. The number of nitrogens with zero attached hydrogens (tertiary/aromatic N) is 1. The van der Waals surface area contributed by atoms with Gasteiger partial charge in [0.1, 0.15) is 0 Å². The van der Waals surface area contributed by atoms with Crippen molar-refractivity contribution in [1.82, 2.24) is 0 Å². The van der Waals surface area contributed by atoms with E-state index in [2.05, 4.69) is 6.07 Å². The van der Waals surface area contributed by atoms with Gasteiger partial charge in [-0.1, -0.05) is 30.3 Å². The number of aliphatic hydroxyl groups is 1. The highest BCUT2D eigenvalue weighted by molar-refractivity contribution is 5.41. The molecule has 2 rings (SSSR count). The Balaban J connectivity index is 2.32. The maximum atomic E-state index is 9.05. The zero-order chi connectivity index (χ0) is 9.31. The molecule has 0 aromatic heterocycles. The van der Waals surface area contributed by atoms with E-state index in [0.717, 1.165) is 12.0 Å². The van der Waals surface area contributed by atoms with Gasteiger partial charge in [-0.25, -0.2) is 0 Å². The summed E-state index contributed by atoms with van der Waals surface area (Å²) in [5.74, 6) is 0.139. The summed E-state index contributed by atoms with van der Waals surface area (Å²) in [5.41, 5.74) is 0.646. The Morgan fingerprint density at radius 2 is 2.15 bits per heavy atom. The van der Waals surface area contributed by atoms with Crippen LogP contribution in [0.4, 0.5) is 0 Å². The zero-order valence-corrected chi connectivity index (χ0v) is 7.27. The molecule has 2 atom stereocenters. The second-order valence-electron chi connectivity index (χ2n) is 3.53. The lowest BCUT2D eigenvalue weighted by atomic mass is 9.95. The highest BCUT2D eigenvalue weighted by Crippen LogP contribution is 2.53. The molecule has 13 heavy (non-hydrogen) atoms. The predicted octanol–water partition coefficient (Wildman–Crippen LogP) is 1.46. The number of benzene rings is 1. The van der Waals surface area contributed by atoms with Crippen molar-refractivity contribution in [1.29, 1.82) is 5.26 Å². The number of rotatable bonds is 2. The summed E-state index contributed by atoms with van der Waals surface area (Å²) in [6.07, 6.45) is 0.796. The lowest BCUT2D eigenvalue weighted by Crippen LogP contribution is -2.08. The SMILES string of the molecule is N#C[C@]1(c2ccccc2)C[C@@H]1CO. The van der Waals surface area contributed by atoms with Gasteiger partial charge in [0.05, 0.1) is 11.5 Å². The minimum Gasteiger partial charge on any atom is -0.396 e. The van der Waals surface area contributed by atoms with Crippen LogP contribution in [0.2, 0.25) is 0 Å². The third-order valence-electron chi connectivity index (χ3n) is 2.81. The van der Waals surface area contributed by atoms with E-state index in [1.165, 1.54) is 0 Å². The van der Waals surface area contributed by atoms with Crippen LogP contribution in [-0.2, 0) is 5.41 Å². The summed E-state index contributed by atoms with van der Waals surface area (Å²) in [4.78, 5) is 0. The molecule has 66 valence electrons. The molecule has 0 aliphatic heterocycles. The van der Waals surface area contributed by atoms with E-state index in [1.807, 2.05) is 30.3 Å². The first-order valence-electron chi connectivity index (χ1n) is 4.41. The van der Waals surface area contributed by atoms with Gasteiger partial charge < -0.3 is 5.11 Å². The van der Waals surface area contributed by atoms with Gasteiger partial charge in [-0.2, -0.15) is 5.26 Å². The van der Waals surface area contributed by atoms with Crippen molar-refractivity contribution < 1.29 is 5.11 Å². The Kier molecular flexibility index (Phi) is 1.82. The summed E-state index contributed by atoms with van der Waals surface area (Å²) in [7, 11) is 0. The molecule has 0 saturated heterocycles. The van der Waals surface area contributed by atoms with Crippen LogP contribution >= 0.6 is 0 Å². The van der Waals surface area contributed by atoms with E-state index in [0.29, 0.717) is 0 Å². The third-order valence-corrected chi connectivity index (χ3v) is 2.81. The first-order chi connectivity index (χ1) is 6.33. The second kappa shape index (κ2) is 2.86. The molecule has 1 aliphatic rings.